The number of aromatic amines is 2. The lowest BCUT2D eigenvalue weighted by molar-refractivity contribution is -0.121. The highest BCUT2D eigenvalue weighted by molar-refractivity contribution is 5.83. The number of amides is 1. The Hall–Kier alpha value is -2.70. The van der Waals surface area contributed by atoms with Gasteiger partial charge in [0.05, 0.1) is 6.54 Å². The van der Waals surface area contributed by atoms with Gasteiger partial charge in [0.1, 0.15) is 0 Å². The zero-order valence-corrected chi connectivity index (χ0v) is 11.5. The van der Waals surface area contributed by atoms with Gasteiger partial charge in [0.25, 0.3) is 0 Å². The lowest BCUT2D eigenvalue weighted by atomic mass is 10.1. The van der Waals surface area contributed by atoms with Crippen LogP contribution in [0.2, 0.25) is 0 Å². The fourth-order valence-corrected chi connectivity index (χ4v) is 2.30. The third-order valence-electron chi connectivity index (χ3n) is 3.36. The minimum Gasteiger partial charge on any atom is -0.361 e. The number of aryl methyl sites for hydroxylation is 1. The molecule has 1 aromatic carbocycles. The Morgan fingerprint density at radius 2 is 2.19 bits per heavy atom. The molecule has 0 spiro atoms. The third kappa shape index (κ3) is 3.25. The van der Waals surface area contributed by atoms with Crippen molar-refractivity contribution in [2.75, 3.05) is 0 Å². The first-order valence-corrected chi connectivity index (χ1v) is 6.87. The zero-order valence-electron chi connectivity index (χ0n) is 11.5. The Morgan fingerprint density at radius 3 is 3.05 bits per heavy atom. The summed E-state index contributed by atoms with van der Waals surface area (Å²) in [6.07, 6.45) is 4.18. The molecule has 0 saturated heterocycles. The number of nitrogens with one attached hydrogen (secondary N) is 3. The summed E-state index contributed by atoms with van der Waals surface area (Å²) in [6.45, 7) is 0.308. The number of tetrazole rings is 1. The van der Waals surface area contributed by atoms with Crippen LogP contribution in [0, 0.1) is 0 Å². The molecule has 0 bridgehead atoms. The number of para-hydroxylation sites is 1. The van der Waals surface area contributed by atoms with E-state index in [1.807, 2.05) is 18.3 Å². The van der Waals surface area contributed by atoms with Gasteiger partial charge in [0, 0.05) is 23.5 Å². The lowest BCUT2D eigenvalue weighted by Crippen LogP contribution is -2.23. The second-order valence-electron chi connectivity index (χ2n) is 4.82. The SMILES string of the molecule is O=C(CCCc1c[nH]c2ccccc12)NCc1nn[nH]n1. The van der Waals surface area contributed by atoms with Crippen molar-refractivity contribution in [3.63, 3.8) is 0 Å². The van der Waals surface area contributed by atoms with E-state index in [1.54, 1.807) is 0 Å². The van der Waals surface area contributed by atoms with Crippen LogP contribution in [0.4, 0.5) is 0 Å². The summed E-state index contributed by atoms with van der Waals surface area (Å²) in [6, 6.07) is 8.18. The average Bonchev–Trinajstić information content (AvgIpc) is 3.15. The molecule has 0 aliphatic heterocycles. The van der Waals surface area contributed by atoms with Crippen molar-refractivity contribution in [2.24, 2.45) is 0 Å². The largest absolute Gasteiger partial charge is 0.361 e. The van der Waals surface area contributed by atoms with Crippen molar-refractivity contribution >= 4 is 16.8 Å². The van der Waals surface area contributed by atoms with Gasteiger partial charge in [-0.05, 0) is 24.5 Å². The van der Waals surface area contributed by atoms with E-state index in [4.69, 9.17) is 0 Å². The highest BCUT2D eigenvalue weighted by Gasteiger charge is 2.06. The second kappa shape index (κ2) is 6.17. The molecular weight excluding hydrogens is 268 g/mol. The van der Waals surface area contributed by atoms with Gasteiger partial charge in [-0.3, -0.25) is 4.79 Å². The van der Waals surface area contributed by atoms with Gasteiger partial charge in [-0.2, -0.15) is 5.21 Å². The Labute approximate surface area is 121 Å². The molecule has 3 aromatic rings. The predicted octanol–water partition coefficient (Wildman–Crippen LogP) is 1.32. The van der Waals surface area contributed by atoms with E-state index in [1.165, 1.54) is 10.9 Å². The molecule has 0 radical (unpaired) electrons. The number of rotatable bonds is 6. The van der Waals surface area contributed by atoms with Gasteiger partial charge >= 0.3 is 0 Å². The minimum absolute atomic E-state index is 0.000332. The molecule has 0 saturated carbocycles. The van der Waals surface area contributed by atoms with Crippen LogP contribution in [0.3, 0.4) is 0 Å². The molecule has 7 nitrogen and oxygen atoms in total. The Bertz CT molecular complexity index is 718. The zero-order chi connectivity index (χ0) is 14.5. The predicted molar refractivity (Wildman–Crippen MR) is 77.3 cm³/mol. The topological polar surface area (TPSA) is 99.4 Å². The molecule has 3 rings (SSSR count). The maximum atomic E-state index is 11.7. The number of carbonyl (C=O) groups is 1. The van der Waals surface area contributed by atoms with Crippen molar-refractivity contribution < 1.29 is 4.79 Å². The molecule has 1 amide bonds. The fraction of sp³-hybridized carbons (Fsp3) is 0.286. The van der Waals surface area contributed by atoms with E-state index in [0.717, 1.165) is 18.4 Å². The van der Waals surface area contributed by atoms with Gasteiger partial charge in [0.2, 0.25) is 5.91 Å². The van der Waals surface area contributed by atoms with Crippen molar-refractivity contribution in [3.8, 4) is 0 Å². The number of carbonyl (C=O) groups excluding carboxylic acids is 1. The summed E-state index contributed by atoms with van der Waals surface area (Å²) in [5, 5.41) is 17.3. The Kier molecular flexibility index (Phi) is 3.90. The van der Waals surface area contributed by atoms with E-state index >= 15 is 0 Å². The molecule has 0 atom stereocenters. The third-order valence-corrected chi connectivity index (χ3v) is 3.36. The maximum absolute atomic E-state index is 11.7. The van der Waals surface area contributed by atoms with Crippen LogP contribution in [-0.2, 0) is 17.8 Å². The molecule has 0 fully saturated rings. The molecule has 2 heterocycles. The van der Waals surface area contributed by atoms with E-state index in [9.17, 15) is 4.79 Å². The number of hydrogen-bond donors (Lipinski definition) is 3. The van der Waals surface area contributed by atoms with Crippen LogP contribution >= 0.6 is 0 Å². The van der Waals surface area contributed by atoms with Crippen molar-refractivity contribution in [1.82, 2.24) is 30.9 Å². The van der Waals surface area contributed by atoms with Gasteiger partial charge in [-0.25, -0.2) is 0 Å². The van der Waals surface area contributed by atoms with Crippen LogP contribution in [0.1, 0.15) is 24.2 Å². The highest BCUT2D eigenvalue weighted by atomic mass is 16.1. The van der Waals surface area contributed by atoms with Crippen LogP contribution in [0.15, 0.2) is 30.5 Å². The number of hydrogen-bond acceptors (Lipinski definition) is 4. The second-order valence-corrected chi connectivity index (χ2v) is 4.82. The Morgan fingerprint density at radius 1 is 1.29 bits per heavy atom. The molecule has 21 heavy (non-hydrogen) atoms. The highest BCUT2D eigenvalue weighted by Crippen LogP contribution is 2.19. The van der Waals surface area contributed by atoms with E-state index in [2.05, 4.69) is 43.1 Å². The summed E-state index contributed by atoms with van der Waals surface area (Å²) in [7, 11) is 0. The van der Waals surface area contributed by atoms with Crippen LogP contribution in [0.25, 0.3) is 10.9 Å². The molecule has 7 heteroatoms. The van der Waals surface area contributed by atoms with Crippen LogP contribution in [-0.4, -0.2) is 31.5 Å². The molecule has 3 N–H and O–H groups in total. The summed E-state index contributed by atoms with van der Waals surface area (Å²) in [5.41, 5.74) is 2.38. The number of fused-ring (bicyclic) bond motifs is 1. The van der Waals surface area contributed by atoms with E-state index in [-0.39, 0.29) is 5.91 Å². The number of benzene rings is 1. The first-order valence-electron chi connectivity index (χ1n) is 6.87. The standard InChI is InChI=1S/C14H16N6O/c21-14(16-9-13-17-19-20-18-13)7-3-4-10-8-15-12-6-2-1-5-11(10)12/h1-2,5-6,8,15H,3-4,7,9H2,(H,16,21)(H,17,18,19,20). The van der Waals surface area contributed by atoms with Gasteiger partial charge in [-0.15, -0.1) is 10.2 Å². The number of H-pyrrole nitrogens is 2. The summed E-state index contributed by atoms with van der Waals surface area (Å²) in [5.74, 6) is 0.486. The molecule has 2 aromatic heterocycles. The normalized spacial score (nSPS) is 10.9. The molecule has 108 valence electrons. The number of aromatic nitrogens is 5. The van der Waals surface area contributed by atoms with Gasteiger partial charge < -0.3 is 10.3 Å². The van der Waals surface area contributed by atoms with Gasteiger partial charge in [-0.1, -0.05) is 23.4 Å². The monoisotopic (exact) mass is 284 g/mol. The molecule has 0 unspecified atom stereocenters. The average molecular weight is 284 g/mol. The Balaban J connectivity index is 1.46. The van der Waals surface area contributed by atoms with Crippen molar-refractivity contribution in [3.05, 3.63) is 41.9 Å². The van der Waals surface area contributed by atoms with Crippen LogP contribution < -0.4 is 5.32 Å². The summed E-state index contributed by atoms with van der Waals surface area (Å²) in [4.78, 5) is 15.0. The first-order chi connectivity index (χ1) is 10.3. The van der Waals surface area contributed by atoms with E-state index in [0.29, 0.717) is 18.8 Å². The molecular formula is C14H16N6O. The minimum atomic E-state index is -0.000332. The molecule has 0 aliphatic rings. The van der Waals surface area contributed by atoms with Gasteiger partial charge in [0.15, 0.2) is 5.82 Å². The first kappa shape index (κ1) is 13.3. The number of nitrogens with zero attached hydrogens (tertiary/aromatic N) is 3. The van der Waals surface area contributed by atoms with Crippen molar-refractivity contribution in [2.45, 2.75) is 25.8 Å². The summed E-state index contributed by atoms with van der Waals surface area (Å²) < 4.78 is 0. The van der Waals surface area contributed by atoms with Crippen LogP contribution in [0.5, 0.6) is 0 Å². The van der Waals surface area contributed by atoms with Crippen molar-refractivity contribution in [1.29, 1.82) is 0 Å². The van der Waals surface area contributed by atoms with E-state index < -0.39 is 0 Å². The maximum Gasteiger partial charge on any atom is 0.220 e. The fourth-order valence-electron chi connectivity index (χ4n) is 2.30. The summed E-state index contributed by atoms with van der Waals surface area (Å²) >= 11 is 0. The lowest BCUT2D eigenvalue weighted by Gasteiger charge is -2.02. The quantitative estimate of drug-likeness (QED) is 0.635. The smallest absolute Gasteiger partial charge is 0.220 e. The molecule has 0 aliphatic carbocycles.